The molecule has 0 spiro atoms. The minimum absolute atomic E-state index is 0.269. The van der Waals surface area contributed by atoms with Gasteiger partial charge in [-0.2, -0.15) is 4.98 Å². The summed E-state index contributed by atoms with van der Waals surface area (Å²) in [5, 5.41) is 3.74. The lowest BCUT2D eigenvalue weighted by Gasteiger charge is -1.92. The SMILES string of the molecule is C[C@@H](N)c1nc(-c2ccc(Br)o2)no1. The van der Waals surface area contributed by atoms with Gasteiger partial charge in [-0.05, 0) is 35.0 Å². The van der Waals surface area contributed by atoms with E-state index in [1.54, 1.807) is 19.1 Å². The van der Waals surface area contributed by atoms with Gasteiger partial charge in [-0.3, -0.25) is 0 Å². The molecule has 0 amide bonds. The van der Waals surface area contributed by atoms with Crippen LogP contribution in [0.1, 0.15) is 18.9 Å². The van der Waals surface area contributed by atoms with Crippen molar-refractivity contribution in [2.75, 3.05) is 0 Å². The molecule has 6 heteroatoms. The second kappa shape index (κ2) is 3.55. The number of hydrogen-bond acceptors (Lipinski definition) is 5. The summed E-state index contributed by atoms with van der Waals surface area (Å²) in [5.41, 5.74) is 5.57. The smallest absolute Gasteiger partial charge is 0.243 e. The molecule has 0 bridgehead atoms. The zero-order valence-electron chi connectivity index (χ0n) is 7.40. The van der Waals surface area contributed by atoms with Crippen LogP contribution in [-0.2, 0) is 0 Å². The Labute approximate surface area is 88.4 Å². The first-order chi connectivity index (χ1) is 6.66. The van der Waals surface area contributed by atoms with E-state index in [0.29, 0.717) is 22.1 Å². The van der Waals surface area contributed by atoms with Crippen molar-refractivity contribution in [2.45, 2.75) is 13.0 Å². The maximum Gasteiger partial charge on any atom is 0.243 e. The normalized spacial score (nSPS) is 13.1. The number of furan rings is 1. The summed E-state index contributed by atoms with van der Waals surface area (Å²) in [7, 11) is 0. The standard InChI is InChI=1S/C8H8BrN3O2/c1-4(10)8-11-7(12-14-8)5-2-3-6(9)13-5/h2-4H,10H2,1H3/t4-/m1/s1. The Hall–Kier alpha value is -1.14. The summed E-state index contributed by atoms with van der Waals surface area (Å²) < 4.78 is 10.8. The van der Waals surface area contributed by atoms with Crippen molar-refractivity contribution >= 4 is 15.9 Å². The predicted octanol–water partition coefficient (Wildman–Crippen LogP) is 2.11. The predicted molar refractivity (Wildman–Crippen MR) is 52.3 cm³/mol. The van der Waals surface area contributed by atoms with Crippen LogP contribution >= 0.6 is 15.9 Å². The van der Waals surface area contributed by atoms with Gasteiger partial charge in [0.15, 0.2) is 10.4 Å². The third-order valence-electron chi connectivity index (χ3n) is 1.62. The molecule has 0 unspecified atom stereocenters. The third kappa shape index (κ3) is 1.71. The fraction of sp³-hybridized carbons (Fsp3) is 0.250. The molecule has 0 saturated carbocycles. The quantitative estimate of drug-likeness (QED) is 0.892. The molecule has 0 aliphatic carbocycles. The zero-order chi connectivity index (χ0) is 10.1. The molecule has 0 saturated heterocycles. The first kappa shape index (κ1) is 9.42. The van der Waals surface area contributed by atoms with E-state index in [-0.39, 0.29) is 6.04 Å². The van der Waals surface area contributed by atoms with E-state index in [1.807, 2.05) is 0 Å². The molecule has 2 N–H and O–H groups in total. The van der Waals surface area contributed by atoms with E-state index in [4.69, 9.17) is 14.7 Å². The Kier molecular flexibility index (Phi) is 2.39. The second-order valence-electron chi connectivity index (χ2n) is 2.85. The molecule has 0 aromatic carbocycles. The molecular formula is C8H8BrN3O2. The van der Waals surface area contributed by atoms with Crippen LogP contribution in [0.2, 0.25) is 0 Å². The third-order valence-corrected chi connectivity index (χ3v) is 2.05. The van der Waals surface area contributed by atoms with E-state index in [1.165, 1.54) is 0 Å². The highest BCUT2D eigenvalue weighted by atomic mass is 79.9. The van der Waals surface area contributed by atoms with Crippen LogP contribution in [0, 0.1) is 0 Å². The molecule has 0 radical (unpaired) electrons. The lowest BCUT2D eigenvalue weighted by molar-refractivity contribution is 0.361. The molecule has 2 aromatic rings. The number of rotatable bonds is 2. The van der Waals surface area contributed by atoms with Crippen LogP contribution in [0.4, 0.5) is 0 Å². The lowest BCUT2D eigenvalue weighted by atomic mass is 10.4. The maximum absolute atomic E-state index is 5.57. The Bertz CT molecular complexity index is 435. The minimum atomic E-state index is -0.269. The lowest BCUT2D eigenvalue weighted by Crippen LogP contribution is -2.04. The topological polar surface area (TPSA) is 78.1 Å². The van der Waals surface area contributed by atoms with Gasteiger partial charge in [0.25, 0.3) is 0 Å². The monoisotopic (exact) mass is 257 g/mol. The molecule has 5 nitrogen and oxygen atoms in total. The summed E-state index contributed by atoms with van der Waals surface area (Å²) in [5.74, 6) is 1.35. The van der Waals surface area contributed by atoms with E-state index in [2.05, 4.69) is 26.1 Å². The van der Waals surface area contributed by atoms with Gasteiger partial charge < -0.3 is 14.7 Å². The van der Waals surface area contributed by atoms with E-state index in [0.717, 1.165) is 0 Å². The van der Waals surface area contributed by atoms with Crippen LogP contribution in [0.15, 0.2) is 25.7 Å². The van der Waals surface area contributed by atoms with Crippen LogP contribution in [-0.4, -0.2) is 10.1 Å². The van der Waals surface area contributed by atoms with Gasteiger partial charge in [0.2, 0.25) is 11.7 Å². The Morgan fingerprint density at radius 3 is 2.79 bits per heavy atom. The molecule has 2 aromatic heterocycles. The van der Waals surface area contributed by atoms with Gasteiger partial charge in [-0.15, -0.1) is 0 Å². The highest BCUT2D eigenvalue weighted by Gasteiger charge is 2.13. The fourth-order valence-corrected chi connectivity index (χ4v) is 1.26. The average molecular weight is 258 g/mol. The van der Waals surface area contributed by atoms with Gasteiger partial charge in [-0.25, -0.2) is 0 Å². The minimum Gasteiger partial charge on any atom is -0.446 e. The maximum atomic E-state index is 5.57. The van der Waals surface area contributed by atoms with Crippen LogP contribution in [0.3, 0.4) is 0 Å². The van der Waals surface area contributed by atoms with Gasteiger partial charge >= 0.3 is 0 Å². The van der Waals surface area contributed by atoms with Crippen LogP contribution in [0.25, 0.3) is 11.6 Å². The van der Waals surface area contributed by atoms with E-state index < -0.39 is 0 Å². The summed E-state index contributed by atoms with van der Waals surface area (Å²) in [4.78, 5) is 4.08. The molecule has 0 aliphatic rings. The van der Waals surface area contributed by atoms with Crippen molar-refractivity contribution in [3.05, 3.63) is 22.7 Å². The van der Waals surface area contributed by atoms with Crippen LogP contribution in [0.5, 0.6) is 0 Å². The summed E-state index contributed by atoms with van der Waals surface area (Å²) in [6.07, 6.45) is 0. The first-order valence-electron chi connectivity index (χ1n) is 4.01. The molecule has 1 atom stereocenters. The second-order valence-corrected chi connectivity index (χ2v) is 3.63. The molecular weight excluding hydrogens is 250 g/mol. The van der Waals surface area contributed by atoms with E-state index >= 15 is 0 Å². The number of hydrogen-bond donors (Lipinski definition) is 1. The summed E-state index contributed by atoms with van der Waals surface area (Å²) in [6.45, 7) is 1.77. The summed E-state index contributed by atoms with van der Waals surface area (Å²) >= 11 is 3.19. The molecule has 14 heavy (non-hydrogen) atoms. The Morgan fingerprint density at radius 2 is 2.29 bits per heavy atom. The number of halogens is 1. The first-order valence-corrected chi connectivity index (χ1v) is 4.81. The molecule has 2 rings (SSSR count). The highest BCUT2D eigenvalue weighted by molar-refractivity contribution is 9.10. The fourth-order valence-electron chi connectivity index (χ4n) is 0.955. The molecule has 2 heterocycles. The summed E-state index contributed by atoms with van der Waals surface area (Å²) in [6, 6.07) is 3.24. The molecule has 74 valence electrons. The van der Waals surface area contributed by atoms with Crippen LogP contribution < -0.4 is 5.73 Å². The number of aromatic nitrogens is 2. The van der Waals surface area contributed by atoms with Crippen molar-refractivity contribution in [3.63, 3.8) is 0 Å². The molecule has 0 fully saturated rings. The zero-order valence-corrected chi connectivity index (χ0v) is 8.98. The van der Waals surface area contributed by atoms with Crippen molar-refractivity contribution in [2.24, 2.45) is 5.73 Å². The van der Waals surface area contributed by atoms with Crippen molar-refractivity contribution in [1.29, 1.82) is 0 Å². The average Bonchev–Trinajstić information content (AvgIpc) is 2.70. The number of nitrogens with two attached hydrogens (primary N) is 1. The van der Waals surface area contributed by atoms with Crippen molar-refractivity contribution in [3.8, 4) is 11.6 Å². The Morgan fingerprint density at radius 1 is 1.50 bits per heavy atom. The van der Waals surface area contributed by atoms with Crippen molar-refractivity contribution < 1.29 is 8.94 Å². The van der Waals surface area contributed by atoms with Gasteiger partial charge in [0, 0.05) is 0 Å². The van der Waals surface area contributed by atoms with Gasteiger partial charge in [-0.1, -0.05) is 5.16 Å². The van der Waals surface area contributed by atoms with Gasteiger partial charge in [0.05, 0.1) is 6.04 Å². The van der Waals surface area contributed by atoms with E-state index in [9.17, 15) is 0 Å². The molecule has 0 aliphatic heterocycles. The largest absolute Gasteiger partial charge is 0.446 e. The highest BCUT2D eigenvalue weighted by Crippen LogP contribution is 2.23. The van der Waals surface area contributed by atoms with Gasteiger partial charge in [0.1, 0.15) is 0 Å². The number of nitrogens with zero attached hydrogens (tertiary/aromatic N) is 2. The Balaban J connectivity index is 2.33. The van der Waals surface area contributed by atoms with Crippen molar-refractivity contribution in [1.82, 2.24) is 10.1 Å².